The van der Waals surface area contributed by atoms with E-state index in [0.717, 1.165) is 45.6 Å². The number of hydrogen-bond donors (Lipinski definition) is 1. The van der Waals surface area contributed by atoms with E-state index in [1.165, 1.54) is 16.0 Å². The molecule has 8 heteroatoms. The van der Waals surface area contributed by atoms with Gasteiger partial charge in [-0.15, -0.1) is 23.1 Å². The van der Waals surface area contributed by atoms with Gasteiger partial charge in [0.2, 0.25) is 5.91 Å². The molecule has 3 heterocycles. The average molecular weight is 418 g/mol. The zero-order valence-electron chi connectivity index (χ0n) is 15.0. The summed E-state index contributed by atoms with van der Waals surface area (Å²) in [6.45, 7) is 3.72. The molecule has 0 saturated heterocycles. The van der Waals surface area contributed by atoms with Gasteiger partial charge < -0.3 is 5.73 Å². The van der Waals surface area contributed by atoms with Crippen LogP contribution >= 0.6 is 34.9 Å². The molecule has 0 fully saturated rings. The Bertz CT molecular complexity index is 1100. The summed E-state index contributed by atoms with van der Waals surface area (Å²) in [4.78, 5) is 30.7. The van der Waals surface area contributed by atoms with Gasteiger partial charge in [0.15, 0.2) is 5.16 Å². The summed E-state index contributed by atoms with van der Waals surface area (Å²) in [5, 5.41) is 0.752. The van der Waals surface area contributed by atoms with Crippen LogP contribution in [0.3, 0.4) is 0 Å². The monoisotopic (exact) mass is 417 g/mol. The molecule has 1 aliphatic heterocycles. The third-order valence-electron chi connectivity index (χ3n) is 4.50. The fourth-order valence-corrected chi connectivity index (χ4v) is 6.56. The molecule has 1 amide bonds. The second-order valence-corrected chi connectivity index (χ2v) is 10.2. The summed E-state index contributed by atoms with van der Waals surface area (Å²) in [6, 6.07) is 7.77. The molecule has 27 heavy (non-hydrogen) atoms. The Morgan fingerprint density at radius 1 is 1.41 bits per heavy atom. The van der Waals surface area contributed by atoms with Gasteiger partial charge in [0.25, 0.3) is 5.56 Å². The van der Waals surface area contributed by atoms with Crippen molar-refractivity contribution in [2.75, 3.05) is 5.75 Å². The number of carbonyl (C=O) groups is 1. The molecule has 0 spiro atoms. The molecule has 1 aromatic carbocycles. The van der Waals surface area contributed by atoms with Gasteiger partial charge in [-0.1, -0.05) is 23.9 Å². The summed E-state index contributed by atoms with van der Waals surface area (Å²) in [6.07, 6.45) is 1.99. The van der Waals surface area contributed by atoms with Crippen molar-refractivity contribution in [1.29, 1.82) is 0 Å². The lowest BCUT2D eigenvalue weighted by Crippen LogP contribution is -2.26. The number of hydrogen-bond acceptors (Lipinski definition) is 6. The van der Waals surface area contributed by atoms with Gasteiger partial charge in [-0.25, -0.2) is 4.98 Å². The number of nitrogens with two attached hydrogens (primary N) is 1. The molecule has 0 radical (unpaired) electrons. The lowest BCUT2D eigenvalue weighted by atomic mass is 10.1. The molecule has 140 valence electrons. The number of thioether (sulfide) groups is 2. The largest absolute Gasteiger partial charge is 0.369 e. The van der Waals surface area contributed by atoms with Crippen molar-refractivity contribution in [3.05, 3.63) is 45.7 Å². The Kier molecular flexibility index (Phi) is 5.05. The minimum absolute atomic E-state index is 0.0650. The van der Waals surface area contributed by atoms with Crippen LogP contribution in [-0.2, 0) is 11.2 Å². The molecular weight excluding hydrogens is 398 g/mol. The SMILES string of the molecule is Cc1cccc(-n2c(S[C@@H](C)C(N)=O)nc3sc4c(c3c2=O)CCCS4)c1. The fraction of sp³-hybridized carbons (Fsp3) is 0.316. The molecule has 1 aliphatic rings. The molecule has 4 rings (SSSR count). The lowest BCUT2D eigenvalue weighted by Gasteiger charge is -2.15. The van der Waals surface area contributed by atoms with Crippen LogP contribution in [0.1, 0.15) is 24.5 Å². The van der Waals surface area contributed by atoms with Crippen molar-refractivity contribution < 1.29 is 4.79 Å². The van der Waals surface area contributed by atoms with Crippen LogP contribution in [0.5, 0.6) is 0 Å². The molecule has 0 saturated carbocycles. The van der Waals surface area contributed by atoms with Crippen LogP contribution < -0.4 is 11.3 Å². The topological polar surface area (TPSA) is 78.0 Å². The first kappa shape index (κ1) is 18.6. The van der Waals surface area contributed by atoms with Crippen molar-refractivity contribution in [2.24, 2.45) is 5.73 Å². The third kappa shape index (κ3) is 3.41. The molecular formula is C19H19N3O2S3. The van der Waals surface area contributed by atoms with Gasteiger partial charge in [0.1, 0.15) is 4.83 Å². The molecule has 0 bridgehead atoms. The van der Waals surface area contributed by atoms with Crippen LogP contribution in [0.15, 0.2) is 38.4 Å². The zero-order valence-corrected chi connectivity index (χ0v) is 17.5. The number of benzene rings is 1. The highest BCUT2D eigenvalue weighted by molar-refractivity contribution is 8.01. The molecule has 0 aliphatic carbocycles. The number of nitrogens with zero attached hydrogens (tertiary/aromatic N) is 2. The van der Waals surface area contributed by atoms with E-state index in [4.69, 9.17) is 10.7 Å². The molecule has 1 atom stereocenters. The molecule has 2 N–H and O–H groups in total. The Balaban J connectivity index is 2.00. The first-order chi connectivity index (χ1) is 13.0. The minimum atomic E-state index is -0.477. The highest BCUT2D eigenvalue weighted by atomic mass is 32.2. The van der Waals surface area contributed by atoms with Crippen LogP contribution in [0, 0.1) is 6.92 Å². The van der Waals surface area contributed by atoms with E-state index in [2.05, 4.69) is 0 Å². The number of thiophene rings is 1. The summed E-state index contributed by atoms with van der Waals surface area (Å²) < 4.78 is 2.83. The molecule has 3 aromatic rings. The van der Waals surface area contributed by atoms with E-state index in [1.807, 2.05) is 31.2 Å². The number of aromatic nitrogens is 2. The number of rotatable bonds is 4. The van der Waals surface area contributed by atoms with E-state index in [1.54, 1.807) is 34.6 Å². The van der Waals surface area contributed by atoms with E-state index in [-0.39, 0.29) is 5.56 Å². The standard InChI is InChI=1S/C19H19N3O2S3/c1-10-5-3-6-12(9-10)22-17(24)14-13-7-4-8-25-18(13)27-16(14)21-19(22)26-11(2)15(20)23/h3,5-6,9,11H,4,7-8H2,1-2H3,(H2,20,23)/t11-/m0/s1. The average Bonchev–Trinajstić information content (AvgIpc) is 3.00. The number of amides is 1. The normalized spacial score (nSPS) is 14.9. The number of fused-ring (bicyclic) bond motifs is 3. The Morgan fingerprint density at radius 3 is 2.96 bits per heavy atom. The fourth-order valence-electron chi connectivity index (χ4n) is 3.11. The number of carbonyl (C=O) groups excluding carboxylic acids is 1. The molecule has 2 aromatic heterocycles. The van der Waals surface area contributed by atoms with Gasteiger partial charge in [0, 0.05) is 0 Å². The van der Waals surface area contributed by atoms with Crippen molar-refractivity contribution in [1.82, 2.24) is 9.55 Å². The van der Waals surface area contributed by atoms with Gasteiger partial charge in [-0.2, -0.15) is 0 Å². The maximum atomic E-state index is 13.5. The van der Waals surface area contributed by atoms with Gasteiger partial charge in [-0.3, -0.25) is 14.2 Å². The second-order valence-electron chi connectivity index (χ2n) is 6.54. The molecule has 5 nitrogen and oxygen atoms in total. The summed E-state index contributed by atoms with van der Waals surface area (Å²) >= 11 is 4.61. The van der Waals surface area contributed by atoms with E-state index >= 15 is 0 Å². The highest BCUT2D eigenvalue weighted by Gasteiger charge is 2.24. The van der Waals surface area contributed by atoms with Crippen LogP contribution in [0.25, 0.3) is 15.9 Å². The van der Waals surface area contributed by atoms with Crippen molar-refractivity contribution in [3.63, 3.8) is 0 Å². The van der Waals surface area contributed by atoms with E-state index in [0.29, 0.717) is 5.16 Å². The Labute approximate surface area is 169 Å². The summed E-state index contributed by atoms with van der Waals surface area (Å²) in [5.74, 6) is 0.651. The summed E-state index contributed by atoms with van der Waals surface area (Å²) in [5.41, 5.74) is 8.33. The van der Waals surface area contributed by atoms with Gasteiger partial charge in [0.05, 0.1) is 20.5 Å². The maximum absolute atomic E-state index is 13.5. The highest BCUT2D eigenvalue weighted by Crippen LogP contribution is 2.41. The lowest BCUT2D eigenvalue weighted by molar-refractivity contribution is -0.117. The third-order valence-corrected chi connectivity index (χ3v) is 8.10. The quantitative estimate of drug-likeness (QED) is 0.517. The van der Waals surface area contributed by atoms with Crippen molar-refractivity contribution in [2.45, 2.75) is 41.3 Å². The predicted octanol–water partition coefficient (Wildman–Crippen LogP) is 3.76. The van der Waals surface area contributed by atoms with E-state index < -0.39 is 11.2 Å². The second kappa shape index (κ2) is 7.33. The van der Waals surface area contributed by atoms with Crippen molar-refractivity contribution in [3.8, 4) is 5.69 Å². The predicted molar refractivity (Wildman–Crippen MR) is 114 cm³/mol. The van der Waals surface area contributed by atoms with Gasteiger partial charge >= 0.3 is 0 Å². The minimum Gasteiger partial charge on any atom is -0.369 e. The first-order valence-corrected chi connectivity index (χ1v) is 11.4. The Hall–Kier alpha value is -1.77. The summed E-state index contributed by atoms with van der Waals surface area (Å²) in [7, 11) is 0. The van der Waals surface area contributed by atoms with Crippen LogP contribution in [-0.4, -0.2) is 26.5 Å². The smallest absolute Gasteiger partial charge is 0.267 e. The molecule has 0 unspecified atom stereocenters. The zero-order chi connectivity index (χ0) is 19.1. The van der Waals surface area contributed by atoms with Crippen LogP contribution in [0.4, 0.5) is 0 Å². The van der Waals surface area contributed by atoms with Crippen LogP contribution in [0.2, 0.25) is 0 Å². The maximum Gasteiger partial charge on any atom is 0.267 e. The number of aryl methyl sites for hydroxylation is 2. The van der Waals surface area contributed by atoms with E-state index in [9.17, 15) is 9.59 Å². The van der Waals surface area contributed by atoms with Crippen molar-refractivity contribution >= 4 is 51.0 Å². The van der Waals surface area contributed by atoms with Gasteiger partial charge in [-0.05, 0) is 55.7 Å². The Morgan fingerprint density at radius 2 is 2.22 bits per heavy atom. The number of primary amides is 1. The first-order valence-electron chi connectivity index (χ1n) is 8.70.